The molecule has 1 amide bonds. The van der Waals surface area contributed by atoms with Gasteiger partial charge in [0.25, 0.3) is 0 Å². The quantitative estimate of drug-likeness (QED) is 0.560. The molecule has 0 aliphatic heterocycles. The number of halogens is 1. The predicted molar refractivity (Wildman–Crippen MR) is 106 cm³/mol. The van der Waals surface area contributed by atoms with Crippen LogP contribution in [0.3, 0.4) is 0 Å². The molecule has 4 heterocycles. The second-order valence-electron chi connectivity index (χ2n) is 6.45. The van der Waals surface area contributed by atoms with Crippen LogP contribution in [0.1, 0.15) is 16.8 Å². The molecular formula is C19H18ClN7O. The third-order valence-corrected chi connectivity index (χ3v) is 4.59. The Morgan fingerprint density at radius 2 is 2.11 bits per heavy atom. The highest BCUT2D eigenvalue weighted by Gasteiger charge is 2.11. The van der Waals surface area contributed by atoms with Crippen molar-refractivity contribution in [2.75, 3.05) is 7.05 Å². The number of pyridine rings is 2. The minimum atomic E-state index is -0.0816. The second kappa shape index (κ2) is 7.40. The van der Waals surface area contributed by atoms with E-state index in [0.717, 1.165) is 27.8 Å². The van der Waals surface area contributed by atoms with Crippen LogP contribution in [0.25, 0.3) is 16.7 Å². The molecule has 0 saturated carbocycles. The molecule has 0 aromatic carbocycles. The topological polar surface area (TPSA) is 90.5 Å². The number of carbonyl (C=O) groups excluding carboxylic acids is 1. The lowest BCUT2D eigenvalue weighted by atomic mass is 10.2. The summed E-state index contributed by atoms with van der Waals surface area (Å²) in [4.78, 5) is 20.6. The molecular weight excluding hydrogens is 378 g/mol. The zero-order chi connectivity index (χ0) is 19.7. The van der Waals surface area contributed by atoms with E-state index in [-0.39, 0.29) is 12.3 Å². The van der Waals surface area contributed by atoms with Gasteiger partial charge in [-0.05, 0) is 30.2 Å². The average molecular weight is 396 g/mol. The number of amides is 1. The zero-order valence-electron chi connectivity index (χ0n) is 15.4. The SMILES string of the molecule is CNC(=O)Cc1nccc2nn(Cc3cnc(-n4cc(Cl)cn4)c(C)c3)cc12. The summed E-state index contributed by atoms with van der Waals surface area (Å²) in [6, 6.07) is 3.89. The van der Waals surface area contributed by atoms with Gasteiger partial charge >= 0.3 is 0 Å². The molecule has 4 aromatic heterocycles. The van der Waals surface area contributed by atoms with Gasteiger partial charge in [-0.2, -0.15) is 10.2 Å². The van der Waals surface area contributed by atoms with Gasteiger partial charge in [0.2, 0.25) is 5.91 Å². The molecule has 0 aliphatic rings. The Morgan fingerprint density at radius 1 is 1.25 bits per heavy atom. The molecule has 4 aromatic rings. The summed E-state index contributed by atoms with van der Waals surface area (Å²) in [6.45, 7) is 2.54. The van der Waals surface area contributed by atoms with E-state index in [0.29, 0.717) is 17.3 Å². The minimum Gasteiger partial charge on any atom is -0.359 e. The van der Waals surface area contributed by atoms with E-state index in [2.05, 4.69) is 25.5 Å². The summed E-state index contributed by atoms with van der Waals surface area (Å²) in [7, 11) is 1.61. The molecule has 142 valence electrons. The Labute approximate surface area is 166 Å². The van der Waals surface area contributed by atoms with Crippen LogP contribution in [0.4, 0.5) is 0 Å². The highest BCUT2D eigenvalue weighted by atomic mass is 35.5. The maximum atomic E-state index is 11.7. The van der Waals surface area contributed by atoms with Crippen molar-refractivity contribution in [2.24, 2.45) is 0 Å². The molecule has 8 nitrogen and oxygen atoms in total. The number of rotatable bonds is 5. The van der Waals surface area contributed by atoms with Gasteiger partial charge in [0.05, 0.1) is 41.6 Å². The molecule has 1 N–H and O–H groups in total. The van der Waals surface area contributed by atoms with Crippen LogP contribution in [-0.4, -0.2) is 42.5 Å². The summed E-state index contributed by atoms with van der Waals surface area (Å²) in [5.74, 6) is 0.653. The molecule has 0 bridgehead atoms. The predicted octanol–water partition coefficient (Wildman–Crippen LogP) is 2.31. The number of aryl methyl sites for hydroxylation is 1. The molecule has 0 saturated heterocycles. The van der Waals surface area contributed by atoms with Crippen molar-refractivity contribution in [1.82, 2.24) is 34.8 Å². The van der Waals surface area contributed by atoms with Gasteiger partial charge in [0.15, 0.2) is 5.82 Å². The maximum Gasteiger partial charge on any atom is 0.225 e. The van der Waals surface area contributed by atoms with Crippen LogP contribution in [-0.2, 0) is 17.8 Å². The van der Waals surface area contributed by atoms with Gasteiger partial charge in [0, 0.05) is 31.0 Å². The normalized spacial score (nSPS) is 11.1. The van der Waals surface area contributed by atoms with Crippen LogP contribution in [0.5, 0.6) is 0 Å². The summed E-state index contributed by atoms with van der Waals surface area (Å²) in [5.41, 5.74) is 3.51. The van der Waals surface area contributed by atoms with E-state index in [4.69, 9.17) is 11.6 Å². The van der Waals surface area contributed by atoms with E-state index in [1.54, 1.807) is 36.5 Å². The summed E-state index contributed by atoms with van der Waals surface area (Å²) < 4.78 is 3.49. The smallest absolute Gasteiger partial charge is 0.225 e. The number of hydrogen-bond acceptors (Lipinski definition) is 5. The molecule has 0 atom stereocenters. The molecule has 4 rings (SSSR count). The summed E-state index contributed by atoms with van der Waals surface area (Å²) in [6.07, 6.45) is 8.91. The van der Waals surface area contributed by atoms with Gasteiger partial charge in [-0.15, -0.1) is 0 Å². The first-order valence-electron chi connectivity index (χ1n) is 8.71. The van der Waals surface area contributed by atoms with Crippen molar-refractivity contribution in [3.63, 3.8) is 0 Å². The molecule has 0 aliphatic carbocycles. The van der Waals surface area contributed by atoms with Crippen molar-refractivity contribution >= 4 is 28.4 Å². The van der Waals surface area contributed by atoms with Gasteiger partial charge in [-0.3, -0.25) is 14.5 Å². The highest BCUT2D eigenvalue weighted by molar-refractivity contribution is 6.30. The van der Waals surface area contributed by atoms with Crippen LogP contribution in [0, 0.1) is 6.92 Å². The number of nitrogens with zero attached hydrogens (tertiary/aromatic N) is 6. The molecule has 0 fully saturated rings. The Kier molecular flexibility index (Phi) is 4.79. The molecule has 0 unspecified atom stereocenters. The first-order chi connectivity index (χ1) is 13.5. The van der Waals surface area contributed by atoms with Crippen LogP contribution < -0.4 is 5.32 Å². The first kappa shape index (κ1) is 18.1. The summed E-state index contributed by atoms with van der Waals surface area (Å²) >= 11 is 5.94. The van der Waals surface area contributed by atoms with Crippen molar-refractivity contribution in [3.05, 3.63) is 65.0 Å². The standard InChI is InChI=1S/C19H18ClN7O/c1-12-5-13(7-23-19(12)27-10-14(20)8-24-27)9-26-11-15-16(25-26)3-4-22-17(15)6-18(28)21-2/h3-5,7-8,10-11H,6,9H2,1-2H3,(H,21,28). The molecule has 0 spiro atoms. The monoisotopic (exact) mass is 395 g/mol. The lowest BCUT2D eigenvalue weighted by molar-refractivity contribution is -0.119. The number of hydrogen-bond donors (Lipinski definition) is 1. The lowest BCUT2D eigenvalue weighted by Gasteiger charge is -2.07. The number of nitrogens with one attached hydrogen (secondary N) is 1. The van der Waals surface area contributed by atoms with Crippen LogP contribution >= 0.6 is 11.6 Å². The molecule has 0 radical (unpaired) electrons. The highest BCUT2D eigenvalue weighted by Crippen LogP contribution is 2.18. The largest absolute Gasteiger partial charge is 0.359 e. The van der Waals surface area contributed by atoms with E-state index in [9.17, 15) is 4.79 Å². The lowest BCUT2D eigenvalue weighted by Crippen LogP contribution is -2.20. The Bertz CT molecular complexity index is 1160. The van der Waals surface area contributed by atoms with Gasteiger partial charge in [-0.25, -0.2) is 9.67 Å². The zero-order valence-corrected chi connectivity index (χ0v) is 16.2. The van der Waals surface area contributed by atoms with Crippen LogP contribution in [0.15, 0.2) is 43.1 Å². The van der Waals surface area contributed by atoms with Gasteiger partial charge in [-0.1, -0.05) is 11.6 Å². The summed E-state index contributed by atoms with van der Waals surface area (Å²) in [5, 5.41) is 12.9. The van der Waals surface area contributed by atoms with Gasteiger partial charge < -0.3 is 5.32 Å². The fraction of sp³-hybridized carbons (Fsp3) is 0.211. The van der Waals surface area contributed by atoms with Crippen LogP contribution in [0.2, 0.25) is 5.02 Å². The molecule has 28 heavy (non-hydrogen) atoms. The minimum absolute atomic E-state index is 0.0816. The number of fused-ring (bicyclic) bond motifs is 1. The Hall–Kier alpha value is -3.26. The number of likely N-dealkylation sites (N-methyl/N-ethyl adjacent to an activating group) is 1. The number of aromatic nitrogens is 6. The van der Waals surface area contributed by atoms with E-state index in [1.807, 2.05) is 29.9 Å². The van der Waals surface area contributed by atoms with Crippen molar-refractivity contribution in [1.29, 1.82) is 0 Å². The molecule has 9 heteroatoms. The fourth-order valence-electron chi connectivity index (χ4n) is 3.07. The van der Waals surface area contributed by atoms with Gasteiger partial charge in [0.1, 0.15) is 0 Å². The van der Waals surface area contributed by atoms with E-state index in [1.165, 1.54) is 0 Å². The maximum absolute atomic E-state index is 11.7. The van der Waals surface area contributed by atoms with Crippen molar-refractivity contribution in [3.8, 4) is 5.82 Å². The Balaban J connectivity index is 1.60. The first-order valence-corrected chi connectivity index (χ1v) is 9.09. The van der Waals surface area contributed by atoms with E-state index >= 15 is 0 Å². The Morgan fingerprint density at radius 3 is 2.82 bits per heavy atom. The van der Waals surface area contributed by atoms with Crippen molar-refractivity contribution < 1.29 is 4.79 Å². The van der Waals surface area contributed by atoms with E-state index < -0.39 is 0 Å². The third-order valence-electron chi connectivity index (χ3n) is 4.39. The second-order valence-corrected chi connectivity index (χ2v) is 6.89. The average Bonchev–Trinajstić information content (AvgIpc) is 3.28. The van der Waals surface area contributed by atoms with Crippen molar-refractivity contribution in [2.45, 2.75) is 19.9 Å². The fourth-order valence-corrected chi connectivity index (χ4v) is 3.20. The third kappa shape index (κ3) is 3.59. The number of carbonyl (C=O) groups is 1.